The van der Waals surface area contributed by atoms with E-state index in [1.54, 1.807) is 0 Å². The Hall–Kier alpha value is -1.26. The molecule has 0 atom stereocenters. The molecule has 0 heterocycles. The molecule has 0 bridgehead atoms. The van der Waals surface area contributed by atoms with Gasteiger partial charge < -0.3 is 15.2 Å². The van der Waals surface area contributed by atoms with Crippen LogP contribution < -0.4 is 5.32 Å². The van der Waals surface area contributed by atoms with Crippen molar-refractivity contribution in [1.82, 2.24) is 5.32 Å². The molecule has 2 saturated carbocycles. The van der Waals surface area contributed by atoms with Gasteiger partial charge in [-0.25, -0.2) is 4.79 Å². The van der Waals surface area contributed by atoms with Crippen LogP contribution in [-0.2, 0) is 9.53 Å². The van der Waals surface area contributed by atoms with Gasteiger partial charge in [0.1, 0.15) is 5.60 Å². The lowest BCUT2D eigenvalue weighted by atomic mass is 9.74. The Morgan fingerprint density at radius 2 is 1.76 bits per heavy atom. The molecule has 0 spiro atoms. The third kappa shape index (κ3) is 4.61. The summed E-state index contributed by atoms with van der Waals surface area (Å²) in [5.41, 5.74) is -0.413. The fourth-order valence-electron chi connectivity index (χ4n) is 3.52. The molecule has 0 aromatic rings. The van der Waals surface area contributed by atoms with E-state index in [4.69, 9.17) is 9.84 Å². The van der Waals surface area contributed by atoms with Gasteiger partial charge in [-0.1, -0.05) is 0 Å². The van der Waals surface area contributed by atoms with Gasteiger partial charge in [-0.3, -0.25) is 4.79 Å². The summed E-state index contributed by atoms with van der Waals surface area (Å²) in [5.74, 6) is -0.174. The van der Waals surface area contributed by atoms with Gasteiger partial charge in [0.05, 0.1) is 6.42 Å². The molecule has 0 aromatic carbocycles. The highest BCUT2D eigenvalue weighted by molar-refractivity contribution is 5.68. The van der Waals surface area contributed by atoms with Crippen molar-refractivity contribution >= 4 is 12.1 Å². The molecule has 0 saturated heterocycles. The molecule has 0 radical (unpaired) electrons. The standard InChI is InChI=1S/C16H27NO4/c1-15(2,3)21-14(20)17-12-6-4-11(5-7-12)16(8-9-16)10-13(18)19/h11-12H,4-10H2,1-3H3,(H,17,20)(H,18,19). The Morgan fingerprint density at radius 3 is 2.19 bits per heavy atom. The normalized spacial score (nSPS) is 27.8. The predicted octanol–water partition coefficient (Wildman–Crippen LogP) is 3.32. The van der Waals surface area contributed by atoms with E-state index in [9.17, 15) is 9.59 Å². The van der Waals surface area contributed by atoms with Crippen molar-refractivity contribution in [2.24, 2.45) is 11.3 Å². The van der Waals surface area contributed by atoms with Gasteiger partial charge in [0.2, 0.25) is 0 Å². The first-order valence-corrected chi connectivity index (χ1v) is 7.91. The molecule has 2 rings (SSSR count). The topological polar surface area (TPSA) is 75.6 Å². The van der Waals surface area contributed by atoms with Crippen LogP contribution in [0.2, 0.25) is 0 Å². The summed E-state index contributed by atoms with van der Waals surface area (Å²) < 4.78 is 5.27. The maximum atomic E-state index is 11.8. The maximum Gasteiger partial charge on any atom is 0.407 e. The zero-order valence-corrected chi connectivity index (χ0v) is 13.3. The zero-order valence-electron chi connectivity index (χ0n) is 13.3. The van der Waals surface area contributed by atoms with E-state index in [1.165, 1.54) is 0 Å². The second kappa shape index (κ2) is 5.85. The summed E-state index contributed by atoms with van der Waals surface area (Å²) in [6.07, 6.45) is 5.92. The molecule has 2 fully saturated rings. The van der Waals surface area contributed by atoms with Crippen LogP contribution >= 0.6 is 0 Å². The van der Waals surface area contributed by atoms with E-state index in [1.807, 2.05) is 20.8 Å². The summed E-state index contributed by atoms with van der Waals surface area (Å²) in [7, 11) is 0. The summed E-state index contributed by atoms with van der Waals surface area (Å²) in [4.78, 5) is 22.7. The van der Waals surface area contributed by atoms with Crippen LogP contribution in [0.15, 0.2) is 0 Å². The van der Waals surface area contributed by atoms with Crippen molar-refractivity contribution in [1.29, 1.82) is 0 Å². The molecule has 2 N–H and O–H groups in total. The van der Waals surface area contributed by atoms with Crippen molar-refractivity contribution in [2.75, 3.05) is 0 Å². The first-order valence-electron chi connectivity index (χ1n) is 7.91. The molecular weight excluding hydrogens is 270 g/mol. The van der Waals surface area contributed by atoms with E-state index in [0.29, 0.717) is 12.3 Å². The number of carboxylic acids is 1. The molecule has 5 nitrogen and oxygen atoms in total. The summed E-state index contributed by atoms with van der Waals surface area (Å²) in [6, 6.07) is 0.164. The third-order valence-corrected chi connectivity index (χ3v) is 4.71. The van der Waals surface area contributed by atoms with E-state index in [-0.39, 0.29) is 17.6 Å². The third-order valence-electron chi connectivity index (χ3n) is 4.71. The van der Waals surface area contributed by atoms with Crippen LogP contribution in [0.1, 0.15) is 65.7 Å². The van der Waals surface area contributed by atoms with Crippen molar-refractivity contribution < 1.29 is 19.4 Å². The second-order valence-corrected chi connectivity index (χ2v) is 7.63. The Morgan fingerprint density at radius 1 is 1.19 bits per heavy atom. The maximum absolute atomic E-state index is 11.8. The Kier molecular flexibility index (Phi) is 4.49. The number of hydrogen-bond acceptors (Lipinski definition) is 3. The van der Waals surface area contributed by atoms with Crippen LogP contribution in [0.5, 0.6) is 0 Å². The number of rotatable bonds is 4. The lowest BCUT2D eigenvalue weighted by Crippen LogP contribution is -2.41. The molecular formula is C16H27NO4. The molecule has 0 aromatic heterocycles. The minimum atomic E-state index is -0.679. The minimum absolute atomic E-state index is 0.0583. The number of carboxylic acid groups (broad SMARTS) is 1. The van der Waals surface area contributed by atoms with E-state index >= 15 is 0 Å². The van der Waals surface area contributed by atoms with Gasteiger partial charge >= 0.3 is 12.1 Å². The number of amides is 1. The Balaban J connectivity index is 1.76. The van der Waals surface area contributed by atoms with Crippen LogP contribution in [0.4, 0.5) is 4.79 Å². The van der Waals surface area contributed by atoms with E-state index in [2.05, 4.69) is 5.32 Å². The average molecular weight is 297 g/mol. The Bertz CT molecular complexity index is 401. The van der Waals surface area contributed by atoms with Crippen LogP contribution in [0, 0.1) is 11.3 Å². The van der Waals surface area contributed by atoms with Crippen molar-refractivity contribution in [3.05, 3.63) is 0 Å². The molecule has 120 valence electrons. The highest BCUT2D eigenvalue weighted by Gasteiger charge is 2.50. The van der Waals surface area contributed by atoms with E-state index in [0.717, 1.165) is 38.5 Å². The summed E-state index contributed by atoms with van der Waals surface area (Å²) >= 11 is 0. The van der Waals surface area contributed by atoms with Gasteiger partial charge in [-0.15, -0.1) is 0 Å². The van der Waals surface area contributed by atoms with Crippen molar-refractivity contribution in [2.45, 2.75) is 77.4 Å². The summed E-state index contributed by atoms with van der Waals surface area (Å²) in [6.45, 7) is 5.56. The minimum Gasteiger partial charge on any atom is -0.481 e. The number of nitrogens with one attached hydrogen (secondary N) is 1. The lowest BCUT2D eigenvalue weighted by molar-refractivity contribution is -0.139. The highest BCUT2D eigenvalue weighted by Crippen LogP contribution is 2.58. The first-order chi connectivity index (χ1) is 9.70. The number of alkyl carbamates (subject to hydrolysis) is 1. The van der Waals surface area contributed by atoms with Gasteiger partial charge in [0.25, 0.3) is 0 Å². The SMILES string of the molecule is CC(C)(C)OC(=O)NC1CCC(C2(CC(=O)O)CC2)CC1. The van der Waals surface area contributed by atoms with Gasteiger partial charge in [0, 0.05) is 6.04 Å². The smallest absolute Gasteiger partial charge is 0.407 e. The monoisotopic (exact) mass is 297 g/mol. The van der Waals surface area contributed by atoms with Gasteiger partial charge in [-0.2, -0.15) is 0 Å². The Labute approximate surface area is 126 Å². The van der Waals surface area contributed by atoms with Gasteiger partial charge in [0.15, 0.2) is 0 Å². The molecule has 21 heavy (non-hydrogen) atoms. The number of aliphatic carboxylic acids is 1. The number of ether oxygens (including phenoxy) is 1. The first kappa shape index (κ1) is 16.1. The van der Waals surface area contributed by atoms with Gasteiger partial charge in [-0.05, 0) is 70.6 Å². The molecule has 1 amide bonds. The van der Waals surface area contributed by atoms with E-state index < -0.39 is 11.6 Å². The molecule has 2 aliphatic rings. The van der Waals surface area contributed by atoms with Crippen LogP contribution in [0.3, 0.4) is 0 Å². The van der Waals surface area contributed by atoms with Crippen molar-refractivity contribution in [3.8, 4) is 0 Å². The average Bonchev–Trinajstić information content (AvgIpc) is 3.07. The van der Waals surface area contributed by atoms with Crippen LogP contribution in [-0.4, -0.2) is 28.8 Å². The fourth-order valence-corrected chi connectivity index (χ4v) is 3.52. The predicted molar refractivity (Wildman–Crippen MR) is 79.0 cm³/mol. The molecule has 5 heteroatoms. The number of carbonyl (C=O) groups is 2. The molecule has 2 aliphatic carbocycles. The fraction of sp³-hybridized carbons (Fsp3) is 0.875. The number of hydrogen-bond donors (Lipinski definition) is 2. The number of carbonyl (C=O) groups excluding carboxylic acids is 1. The highest BCUT2D eigenvalue weighted by atomic mass is 16.6. The van der Waals surface area contributed by atoms with Crippen molar-refractivity contribution in [3.63, 3.8) is 0 Å². The molecule has 0 unspecified atom stereocenters. The largest absolute Gasteiger partial charge is 0.481 e. The van der Waals surface area contributed by atoms with Crippen LogP contribution in [0.25, 0.3) is 0 Å². The quantitative estimate of drug-likeness (QED) is 0.834. The molecule has 0 aliphatic heterocycles. The second-order valence-electron chi connectivity index (χ2n) is 7.63. The summed E-state index contributed by atoms with van der Waals surface area (Å²) in [5, 5.41) is 12.0. The lowest BCUT2D eigenvalue weighted by Gasteiger charge is -2.34. The zero-order chi connectivity index (χ0) is 15.7.